The average molecular weight is 362 g/mol. The van der Waals surface area contributed by atoms with Crippen LogP contribution in [0.5, 0.6) is 0 Å². The summed E-state index contributed by atoms with van der Waals surface area (Å²) in [5.74, 6) is -0.660. The molecule has 0 saturated heterocycles. The Kier molecular flexibility index (Phi) is 5.16. The van der Waals surface area contributed by atoms with Crippen molar-refractivity contribution in [2.24, 2.45) is 5.73 Å². The maximum Gasteiger partial charge on any atom is 0.249 e. The van der Waals surface area contributed by atoms with E-state index in [4.69, 9.17) is 5.73 Å². The molecule has 6 heteroatoms. The lowest BCUT2D eigenvalue weighted by Crippen LogP contribution is -2.22. The lowest BCUT2D eigenvalue weighted by Gasteiger charge is -2.12. The molecule has 0 aliphatic heterocycles. The van der Waals surface area contributed by atoms with Crippen molar-refractivity contribution in [1.82, 2.24) is 0 Å². The monoisotopic (exact) mass is 361 g/mol. The Hall–Kier alpha value is -2.34. The zero-order valence-corrected chi connectivity index (χ0v) is 13.6. The number of carbonyl (C=O) groups is 2. The number of anilines is 2. The summed E-state index contributed by atoms with van der Waals surface area (Å²) in [5, 5.41) is 5.79. The van der Waals surface area contributed by atoms with Crippen LogP contribution in [0.25, 0.3) is 0 Å². The van der Waals surface area contributed by atoms with E-state index in [2.05, 4.69) is 26.6 Å². The number of amides is 2. The summed E-state index contributed by atoms with van der Waals surface area (Å²) >= 11 is 3.34. The van der Waals surface area contributed by atoms with Crippen LogP contribution in [-0.4, -0.2) is 18.4 Å². The highest BCUT2D eigenvalue weighted by molar-refractivity contribution is 9.10. The Morgan fingerprint density at radius 2 is 1.82 bits per heavy atom. The molecule has 0 heterocycles. The SMILES string of the molecule is Cc1c(NCC(=O)Nc2ccc(Br)cc2)cccc1C(N)=O. The Balaban J connectivity index is 1.98. The summed E-state index contributed by atoms with van der Waals surface area (Å²) in [4.78, 5) is 23.2. The molecule has 0 spiro atoms. The van der Waals surface area contributed by atoms with Crippen LogP contribution in [0.2, 0.25) is 0 Å². The molecule has 0 bridgehead atoms. The minimum atomic E-state index is -0.486. The zero-order valence-electron chi connectivity index (χ0n) is 12.0. The van der Waals surface area contributed by atoms with Gasteiger partial charge < -0.3 is 16.4 Å². The first-order valence-electron chi connectivity index (χ1n) is 6.66. The third-order valence-corrected chi connectivity index (χ3v) is 3.70. The minimum Gasteiger partial charge on any atom is -0.376 e. The van der Waals surface area contributed by atoms with Gasteiger partial charge in [-0.2, -0.15) is 0 Å². The van der Waals surface area contributed by atoms with Gasteiger partial charge in [0, 0.05) is 21.4 Å². The van der Waals surface area contributed by atoms with E-state index < -0.39 is 5.91 Å². The van der Waals surface area contributed by atoms with Crippen LogP contribution >= 0.6 is 15.9 Å². The number of carbonyl (C=O) groups excluding carboxylic acids is 2. The van der Waals surface area contributed by atoms with Crippen molar-refractivity contribution in [3.05, 3.63) is 58.1 Å². The Bertz CT molecular complexity index is 699. The van der Waals surface area contributed by atoms with Crippen LogP contribution in [0.3, 0.4) is 0 Å². The van der Waals surface area contributed by atoms with Gasteiger partial charge in [0.1, 0.15) is 0 Å². The van der Waals surface area contributed by atoms with E-state index in [1.807, 2.05) is 12.1 Å². The van der Waals surface area contributed by atoms with Crippen molar-refractivity contribution < 1.29 is 9.59 Å². The topological polar surface area (TPSA) is 84.2 Å². The Morgan fingerprint density at radius 1 is 1.14 bits per heavy atom. The molecule has 5 nitrogen and oxygen atoms in total. The molecule has 114 valence electrons. The van der Waals surface area contributed by atoms with Gasteiger partial charge in [-0.1, -0.05) is 22.0 Å². The molecule has 2 amide bonds. The first kappa shape index (κ1) is 16.0. The van der Waals surface area contributed by atoms with Gasteiger partial charge in [0.25, 0.3) is 0 Å². The first-order valence-corrected chi connectivity index (χ1v) is 7.45. The van der Waals surface area contributed by atoms with E-state index in [-0.39, 0.29) is 12.5 Å². The van der Waals surface area contributed by atoms with Gasteiger partial charge in [-0.3, -0.25) is 9.59 Å². The molecule has 4 N–H and O–H groups in total. The zero-order chi connectivity index (χ0) is 16.1. The van der Waals surface area contributed by atoms with Crippen molar-refractivity contribution in [2.75, 3.05) is 17.2 Å². The van der Waals surface area contributed by atoms with Crippen molar-refractivity contribution in [1.29, 1.82) is 0 Å². The fourth-order valence-electron chi connectivity index (χ4n) is 2.01. The maximum atomic E-state index is 11.9. The lowest BCUT2D eigenvalue weighted by atomic mass is 10.1. The normalized spacial score (nSPS) is 10.1. The highest BCUT2D eigenvalue weighted by atomic mass is 79.9. The van der Waals surface area contributed by atoms with Gasteiger partial charge in [0.05, 0.1) is 6.54 Å². The summed E-state index contributed by atoms with van der Waals surface area (Å²) in [5.41, 5.74) is 7.91. The molecule has 0 radical (unpaired) electrons. The second-order valence-electron chi connectivity index (χ2n) is 4.75. The summed E-state index contributed by atoms with van der Waals surface area (Å²) in [7, 11) is 0. The number of benzene rings is 2. The van der Waals surface area contributed by atoms with E-state index in [1.165, 1.54) is 0 Å². The predicted molar refractivity (Wildman–Crippen MR) is 91.0 cm³/mol. The molecular formula is C16H16BrN3O2. The van der Waals surface area contributed by atoms with Crippen LogP contribution in [-0.2, 0) is 4.79 Å². The summed E-state index contributed by atoms with van der Waals surface area (Å²) in [6.45, 7) is 1.88. The highest BCUT2D eigenvalue weighted by Crippen LogP contribution is 2.18. The fraction of sp³-hybridized carbons (Fsp3) is 0.125. The smallest absolute Gasteiger partial charge is 0.249 e. The van der Waals surface area contributed by atoms with Gasteiger partial charge in [-0.05, 0) is 48.9 Å². The van der Waals surface area contributed by atoms with E-state index >= 15 is 0 Å². The first-order chi connectivity index (χ1) is 10.5. The molecule has 0 aliphatic rings. The molecule has 0 aliphatic carbocycles. The predicted octanol–water partition coefficient (Wildman–Crippen LogP) is 2.91. The van der Waals surface area contributed by atoms with Crippen molar-refractivity contribution >= 4 is 39.1 Å². The van der Waals surface area contributed by atoms with Gasteiger partial charge in [0.2, 0.25) is 11.8 Å². The van der Waals surface area contributed by atoms with Crippen molar-refractivity contribution in [3.63, 3.8) is 0 Å². The molecule has 0 aromatic heterocycles. The standard InChI is InChI=1S/C16H16BrN3O2/c1-10-13(16(18)22)3-2-4-14(10)19-9-15(21)20-12-7-5-11(17)6-8-12/h2-8,19H,9H2,1H3,(H2,18,22)(H,20,21). The van der Waals surface area contributed by atoms with Crippen LogP contribution in [0.4, 0.5) is 11.4 Å². The van der Waals surface area contributed by atoms with Crippen LogP contribution in [0.15, 0.2) is 46.9 Å². The van der Waals surface area contributed by atoms with Crippen molar-refractivity contribution in [3.8, 4) is 0 Å². The van der Waals surface area contributed by atoms with Crippen LogP contribution < -0.4 is 16.4 Å². The molecule has 22 heavy (non-hydrogen) atoms. The largest absolute Gasteiger partial charge is 0.376 e. The number of primary amides is 1. The maximum absolute atomic E-state index is 11.9. The number of nitrogens with one attached hydrogen (secondary N) is 2. The van der Waals surface area contributed by atoms with E-state index in [0.717, 1.165) is 15.7 Å². The van der Waals surface area contributed by atoms with Crippen molar-refractivity contribution in [2.45, 2.75) is 6.92 Å². The molecule has 0 fully saturated rings. The van der Waals surface area contributed by atoms with Crippen LogP contribution in [0.1, 0.15) is 15.9 Å². The fourth-order valence-corrected chi connectivity index (χ4v) is 2.27. The third-order valence-electron chi connectivity index (χ3n) is 3.17. The van der Waals surface area contributed by atoms with E-state index in [9.17, 15) is 9.59 Å². The van der Waals surface area contributed by atoms with E-state index in [0.29, 0.717) is 11.3 Å². The number of rotatable bonds is 5. The molecule has 0 saturated carbocycles. The quantitative estimate of drug-likeness (QED) is 0.765. The third kappa shape index (κ3) is 4.08. The molecular weight excluding hydrogens is 346 g/mol. The second-order valence-corrected chi connectivity index (χ2v) is 5.67. The molecule has 0 unspecified atom stereocenters. The van der Waals surface area contributed by atoms with Gasteiger partial charge in [-0.25, -0.2) is 0 Å². The second kappa shape index (κ2) is 7.09. The van der Waals surface area contributed by atoms with Gasteiger partial charge >= 0.3 is 0 Å². The summed E-state index contributed by atoms with van der Waals surface area (Å²) < 4.78 is 0.947. The summed E-state index contributed by atoms with van der Waals surface area (Å²) in [6, 6.07) is 12.5. The number of hydrogen-bond donors (Lipinski definition) is 3. The molecule has 2 rings (SSSR count). The van der Waals surface area contributed by atoms with E-state index in [1.54, 1.807) is 37.3 Å². The Morgan fingerprint density at radius 3 is 2.45 bits per heavy atom. The van der Waals surface area contributed by atoms with Gasteiger partial charge in [-0.15, -0.1) is 0 Å². The van der Waals surface area contributed by atoms with Gasteiger partial charge in [0.15, 0.2) is 0 Å². The number of nitrogens with two attached hydrogens (primary N) is 1. The molecule has 2 aromatic rings. The minimum absolute atomic E-state index is 0.0963. The highest BCUT2D eigenvalue weighted by Gasteiger charge is 2.09. The molecule has 2 aromatic carbocycles. The Labute approximate surface area is 137 Å². The summed E-state index contributed by atoms with van der Waals surface area (Å²) in [6.07, 6.45) is 0. The van der Waals surface area contributed by atoms with Crippen LogP contribution in [0, 0.1) is 6.92 Å². The number of hydrogen-bond acceptors (Lipinski definition) is 3. The lowest BCUT2D eigenvalue weighted by molar-refractivity contribution is -0.114. The average Bonchev–Trinajstić information content (AvgIpc) is 2.48. The number of halogens is 1. The molecule has 0 atom stereocenters.